The number of nitrogens with zero attached hydrogens (tertiary/aromatic N) is 3. The molecule has 4 heteroatoms. The Hall–Kier alpha value is -2.36. The van der Waals surface area contributed by atoms with E-state index in [0.29, 0.717) is 11.9 Å². The topological polar surface area (TPSA) is 56.7 Å². The van der Waals surface area contributed by atoms with E-state index < -0.39 is 0 Å². The quantitative estimate of drug-likeness (QED) is 0.799. The Kier molecular flexibility index (Phi) is 3.37. The van der Waals surface area contributed by atoms with Gasteiger partial charge in [-0.1, -0.05) is 30.3 Å². The number of nitrogen functional groups attached to an aromatic ring is 1. The highest BCUT2D eigenvalue weighted by atomic mass is 15.1. The van der Waals surface area contributed by atoms with Crippen LogP contribution < -0.4 is 5.73 Å². The van der Waals surface area contributed by atoms with Crippen molar-refractivity contribution in [3.8, 4) is 0 Å². The molecule has 1 unspecified atom stereocenters. The second kappa shape index (κ2) is 5.20. The highest BCUT2D eigenvalue weighted by molar-refractivity contribution is 5.90. The summed E-state index contributed by atoms with van der Waals surface area (Å²) in [6, 6.07) is 10.8. The Morgan fingerprint density at radius 3 is 2.57 bits per heavy atom. The van der Waals surface area contributed by atoms with Crippen LogP contribution in [0.5, 0.6) is 0 Å². The van der Waals surface area contributed by atoms with Crippen LogP contribution in [0.2, 0.25) is 0 Å². The summed E-state index contributed by atoms with van der Waals surface area (Å²) >= 11 is 0. The van der Waals surface area contributed by atoms with Crippen molar-refractivity contribution in [2.24, 2.45) is 0 Å². The van der Waals surface area contributed by atoms with Gasteiger partial charge in [-0.05, 0) is 38.3 Å². The molecule has 3 rings (SSSR count). The molecule has 0 aliphatic carbocycles. The maximum absolute atomic E-state index is 6.03. The molecule has 1 aromatic carbocycles. The van der Waals surface area contributed by atoms with E-state index in [0.717, 1.165) is 17.5 Å². The molecule has 0 aliphatic rings. The molecule has 21 heavy (non-hydrogen) atoms. The van der Waals surface area contributed by atoms with Crippen LogP contribution in [0.1, 0.15) is 29.8 Å². The van der Waals surface area contributed by atoms with Crippen molar-refractivity contribution in [3.05, 3.63) is 53.5 Å². The smallest absolute Gasteiger partial charge is 0.146 e. The van der Waals surface area contributed by atoms with Gasteiger partial charge >= 0.3 is 0 Å². The molecule has 2 aromatic heterocycles. The SMILES string of the molecule is Cc1c(C)n(C(C)Cc2ccccc2)c2ncnc(N)c12. The number of rotatable bonds is 3. The summed E-state index contributed by atoms with van der Waals surface area (Å²) < 4.78 is 2.27. The van der Waals surface area contributed by atoms with Crippen LogP contribution in [0.3, 0.4) is 0 Å². The Bertz CT molecular complexity index is 774. The molecule has 3 aromatic rings. The van der Waals surface area contributed by atoms with Gasteiger partial charge in [0, 0.05) is 11.7 Å². The monoisotopic (exact) mass is 280 g/mol. The van der Waals surface area contributed by atoms with Crippen molar-refractivity contribution in [2.45, 2.75) is 33.2 Å². The predicted molar refractivity (Wildman–Crippen MR) is 86.3 cm³/mol. The normalized spacial score (nSPS) is 12.7. The zero-order valence-electron chi connectivity index (χ0n) is 12.7. The number of aryl methyl sites for hydroxylation is 1. The number of aromatic nitrogens is 3. The molecule has 0 amide bonds. The van der Waals surface area contributed by atoms with E-state index in [1.54, 1.807) is 6.33 Å². The first-order valence-corrected chi connectivity index (χ1v) is 7.21. The summed E-state index contributed by atoms with van der Waals surface area (Å²) in [4.78, 5) is 8.58. The summed E-state index contributed by atoms with van der Waals surface area (Å²) in [5.41, 5.74) is 10.7. The highest BCUT2D eigenvalue weighted by Gasteiger charge is 2.18. The van der Waals surface area contributed by atoms with E-state index in [-0.39, 0.29) is 0 Å². The third kappa shape index (κ3) is 2.27. The van der Waals surface area contributed by atoms with Crippen LogP contribution in [-0.4, -0.2) is 14.5 Å². The minimum atomic E-state index is 0.318. The van der Waals surface area contributed by atoms with E-state index in [4.69, 9.17) is 5.73 Å². The van der Waals surface area contributed by atoms with Crippen molar-refractivity contribution >= 4 is 16.9 Å². The molecule has 0 radical (unpaired) electrons. The summed E-state index contributed by atoms with van der Waals surface area (Å²) in [6.45, 7) is 6.43. The number of hydrogen-bond acceptors (Lipinski definition) is 3. The van der Waals surface area contributed by atoms with Gasteiger partial charge in [-0.25, -0.2) is 9.97 Å². The van der Waals surface area contributed by atoms with Crippen LogP contribution in [0.4, 0.5) is 5.82 Å². The van der Waals surface area contributed by atoms with Crippen LogP contribution in [0.15, 0.2) is 36.7 Å². The lowest BCUT2D eigenvalue weighted by Crippen LogP contribution is -2.10. The average Bonchev–Trinajstić information content (AvgIpc) is 2.73. The third-order valence-corrected chi connectivity index (χ3v) is 4.18. The third-order valence-electron chi connectivity index (χ3n) is 4.18. The predicted octanol–water partition coefficient (Wildman–Crippen LogP) is 3.43. The zero-order valence-corrected chi connectivity index (χ0v) is 12.7. The Labute approximate surface area is 124 Å². The van der Waals surface area contributed by atoms with Gasteiger partial charge in [0.05, 0.1) is 5.39 Å². The number of anilines is 1. The molecule has 0 fully saturated rings. The lowest BCUT2D eigenvalue weighted by molar-refractivity contribution is 0.546. The molecule has 0 saturated heterocycles. The molecular weight excluding hydrogens is 260 g/mol. The fourth-order valence-corrected chi connectivity index (χ4v) is 3.04. The standard InChI is InChI=1S/C17H20N4/c1-11(9-14-7-5-4-6-8-14)21-13(3)12(2)15-16(18)19-10-20-17(15)21/h4-8,10-11H,9H2,1-3H3,(H2,18,19,20). The summed E-state index contributed by atoms with van der Waals surface area (Å²) in [5.74, 6) is 0.561. The van der Waals surface area contributed by atoms with Crippen LogP contribution in [0.25, 0.3) is 11.0 Å². The minimum Gasteiger partial charge on any atom is -0.383 e. The van der Waals surface area contributed by atoms with E-state index in [2.05, 4.69) is 59.6 Å². The molecule has 4 nitrogen and oxygen atoms in total. The lowest BCUT2D eigenvalue weighted by atomic mass is 10.1. The summed E-state index contributed by atoms with van der Waals surface area (Å²) in [6.07, 6.45) is 2.51. The van der Waals surface area contributed by atoms with Gasteiger partial charge in [0.25, 0.3) is 0 Å². The largest absolute Gasteiger partial charge is 0.383 e. The number of nitrogens with two attached hydrogens (primary N) is 1. The minimum absolute atomic E-state index is 0.318. The lowest BCUT2D eigenvalue weighted by Gasteiger charge is -2.17. The van der Waals surface area contributed by atoms with Crippen LogP contribution >= 0.6 is 0 Å². The van der Waals surface area contributed by atoms with Gasteiger partial charge in [0.15, 0.2) is 0 Å². The fourth-order valence-electron chi connectivity index (χ4n) is 3.04. The molecule has 2 heterocycles. The molecule has 0 spiro atoms. The Morgan fingerprint density at radius 2 is 1.86 bits per heavy atom. The summed E-state index contributed by atoms with van der Waals surface area (Å²) in [7, 11) is 0. The van der Waals surface area contributed by atoms with E-state index in [1.165, 1.54) is 16.8 Å². The van der Waals surface area contributed by atoms with Crippen molar-refractivity contribution in [2.75, 3.05) is 5.73 Å². The number of benzene rings is 1. The first-order valence-electron chi connectivity index (χ1n) is 7.21. The van der Waals surface area contributed by atoms with Gasteiger partial charge in [-0.3, -0.25) is 0 Å². The van der Waals surface area contributed by atoms with Crippen LogP contribution in [-0.2, 0) is 6.42 Å². The van der Waals surface area contributed by atoms with E-state index in [9.17, 15) is 0 Å². The summed E-state index contributed by atoms with van der Waals surface area (Å²) in [5, 5.41) is 0.981. The van der Waals surface area contributed by atoms with Crippen molar-refractivity contribution in [1.29, 1.82) is 0 Å². The van der Waals surface area contributed by atoms with Gasteiger partial charge < -0.3 is 10.3 Å². The second-order valence-electron chi connectivity index (χ2n) is 5.58. The molecule has 2 N–H and O–H groups in total. The maximum atomic E-state index is 6.03. The average molecular weight is 280 g/mol. The van der Waals surface area contributed by atoms with Crippen molar-refractivity contribution < 1.29 is 0 Å². The molecular formula is C17H20N4. The van der Waals surface area contributed by atoms with Gasteiger partial charge in [-0.15, -0.1) is 0 Å². The van der Waals surface area contributed by atoms with Gasteiger partial charge in [0.2, 0.25) is 0 Å². The molecule has 1 atom stereocenters. The Balaban J connectivity index is 2.08. The van der Waals surface area contributed by atoms with Crippen molar-refractivity contribution in [1.82, 2.24) is 14.5 Å². The first-order chi connectivity index (χ1) is 10.1. The molecule has 0 saturated carbocycles. The van der Waals surface area contributed by atoms with Gasteiger partial charge in [-0.2, -0.15) is 0 Å². The molecule has 0 aliphatic heterocycles. The second-order valence-corrected chi connectivity index (χ2v) is 5.58. The van der Waals surface area contributed by atoms with Crippen molar-refractivity contribution in [3.63, 3.8) is 0 Å². The maximum Gasteiger partial charge on any atom is 0.146 e. The molecule has 108 valence electrons. The molecule has 0 bridgehead atoms. The fraction of sp³-hybridized carbons (Fsp3) is 0.294. The Morgan fingerprint density at radius 1 is 1.14 bits per heavy atom. The number of fused-ring (bicyclic) bond motifs is 1. The highest BCUT2D eigenvalue weighted by Crippen LogP contribution is 2.30. The number of hydrogen-bond donors (Lipinski definition) is 1. The van der Waals surface area contributed by atoms with E-state index >= 15 is 0 Å². The van der Waals surface area contributed by atoms with E-state index in [1.807, 2.05) is 6.07 Å². The van der Waals surface area contributed by atoms with Gasteiger partial charge in [0.1, 0.15) is 17.8 Å². The van der Waals surface area contributed by atoms with Crippen LogP contribution in [0, 0.1) is 13.8 Å². The first kappa shape index (κ1) is 13.6. The zero-order chi connectivity index (χ0) is 15.0.